The standard InChI is InChI=1S/C15H20N2/c16-11-5-4-9-14-8-2-3-10-15(14)17-12-6-1-7-13-17/h2-3,8,10H,1,5-7,11-13,16H2. The van der Waals surface area contributed by atoms with Crippen LogP contribution in [0.2, 0.25) is 0 Å². The molecule has 1 saturated heterocycles. The van der Waals surface area contributed by atoms with E-state index in [0.717, 1.165) is 25.1 Å². The second-order valence-electron chi connectivity index (χ2n) is 4.41. The van der Waals surface area contributed by atoms with Crippen molar-refractivity contribution in [2.45, 2.75) is 25.7 Å². The van der Waals surface area contributed by atoms with E-state index in [9.17, 15) is 0 Å². The van der Waals surface area contributed by atoms with Crippen LogP contribution in [0.3, 0.4) is 0 Å². The van der Waals surface area contributed by atoms with Gasteiger partial charge in [0.25, 0.3) is 0 Å². The maximum absolute atomic E-state index is 5.46. The molecule has 2 nitrogen and oxygen atoms in total. The topological polar surface area (TPSA) is 29.3 Å². The third-order valence-corrected chi connectivity index (χ3v) is 3.09. The van der Waals surface area contributed by atoms with Crippen LogP contribution in [0.15, 0.2) is 24.3 Å². The molecule has 1 aromatic rings. The van der Waals surface area contributed by atoms with Crippen LogP contribution in [0.1, 0.15) is 31.2 Å². The first kappa shape index (κ1) is 12.0. The van der Waals surface area contributed by atoms with Gasteiger partial charge < -0.3 is 10.6 Å². The van der Waals surface area contributed by atoms with Crippen LogP contribution in [-0.4, -0.2) is 19.6 Å². The normalized spacial score (nSPS) is 15.2. The Labute approximate surface area is 104 Å². The average Bonchev–Trinajstić information content (AvgIpc) is 2.41. The number of rotatable bonds is 2. The second kappa shape index (κ2) is 6.32. The zero-order valence-corrected chi connectivity index (χ0v) is 10.3. The lowest BCUT2D eigenvalue weighted by atomic mass is 10.1. The molecule has 0 bridgehead atoms. The molecule has 1 heterocycles. The zero-order valence-electron chi connectivity index (χ0n) is 10.3. The summed E-state index contributed by atoms with van der Waals surface area (Å²) in [5, 5.41) is 0. The van der Waals surface area contributed by atoms with Crippen LogP contribution in [0.4, 0.5) is 5.69 Å². The van der Waals surface area contributed by atoms with E-state index in [1.54, 1.807) is 0 Å². The van der Waals surface area contributed by atoms with E-state index in [2.05, 4.69) is 41.0 Å². The second-order valence-corrected chi connectivity index (χ2v) is 4.41. The Morgan fingerprint density at radius 1 is 1.12 bits per heavy atom. The minimum Gasteiger partial charge on any atom is -0.371 e. The molecule has 0 saturated carbocycles. The van der Waals surface area contributed by atoms with Gasteiger partial charge in [0.05, 0.1) is 5.69 Å². The van der Waals surface area contributed by atoms with E-state index in [4.69, 9.17) is 5.73 Å². The number of piperidine rings is 1. The summed E-state index contributed by atoms with van der Waals surface area (Å²) in [5.41, 5.74) is 7.89. The zero-order chi connectivity index (χ0) is 11.9. The Kier molecular flexibility index (Phi) is 4.46. The van der Waals surface area contributed by atoms with Gasteiger partial charge in [-0.25, -0.2) is 0 Å². The van der Waals surface area contributed by atoms with Gasteiger partial charge in [-0.15, -0.1) is 0 Å². The molecule has 0 amide bonds. The van der Waals surface area contributed by atoms with Crippen molar-refractivity contribution >= 4 is 5.69 Å². The van der Waals surface area contributed by atoms with Gasteiger partial charge >= 0.3 is 0 Å². The quantitative estimate of drug-likeness (QED) is 0.787. The van der Waals surface area contributed by atoms with Crippen molar-refractivity contribution in [2.75, 3.05) is 24.5 Å². The molecule has 0 radical (unpaired) electrons. The van der Waals surface area contributed by atoms with E-state index in [1.807, 2.05) is 0 Å². The van der Waals surface area contributed by atoms with E-state index in [0.29, 0.717) is 6.54 Å². The Morgan fingerprint density at radius 2 is 1.88 bits per heavy atom. The molecule has 2 heteroatoms. The fraction of sp³-hybridized carbons (Fsp3) is 0.467. The van der Waals surface area contributed by atoms with Gasteiger partial charge in [-0.2, -0.15) is 0 Å². The highest BCUT2D eigenvalue weighted by Crippen LogP contribution is 2.23. The Bertz CT molecular complexity index is 408. The highest BCUT2D eigenvalue weighted by molar-refractivity contribution is 5.60. The molecule has 1 aliphatic heterocycles. The molecule has 0 atom stereocenters. The number of anilines is 1. The predicted molar refractivity (Wildman–Crippen MR) is 73.1 cm³/mol. The van der Waals surface area contributed by atoms with Crippen molar-refractivity contribution in [3.63, 3.8) is 0 Å². The van der Waals surface area contributed by atoms with Gasteiger partial charge in [-0.3, -0.25) is 0 Å². The molecule has 0 unspecified atom stereocenters. The summed E-state index contributed by atoms with van der Waals surface area (Å²) in [5.74, 6) is 6.37. The molecule has 0 aromatic heterocycles. The maximum Gasteiger partial charge on any atom is 0.0525 e. The number of hydrogen-bond acceptors (Lipinski definition) is 2. The molecular formula is C15H20N2. The first-order valence-electron chi connectivity index (χ1n) is 6.45. The van der Waals surface area contributed by atoms with Crippen molar-refractivity contribution in [3.05, 3.63) is 29.8 Å². The van der Waals surface area contributed by atoms with Crippen LogP contribution >= 0.6 is 0 Å². The first-order chi connectivity index (χ1) is 8.42. The van der Waals surface area contributed by atoms with Crippen molar-refractivity contribution in [1.82, 2.24) is 0 Å². The summed E-state index contributed by atoms with van der Waals surface area (Å²) in [6.07, 6.45) is 4.72. The van der Waals surface area contributed by atoms with Crippen LogP contribution < -0.4 is 10.6 Å². The highest BCUT2D eigenvalue weighted by Gasteiger charge is 2.12. The smallest absolute Gasteiger partial charge is 0.0525 e. The molecule has 17 heavy (non-hydrogen) atoms. The average molecular weight is 228 g/mol. The summed E-state index contributed by atoms with van der Waals surface area (Å²) in [4.78, 5) is 2.45. The fourth-order valence-electron chi connectivity index (χ4n) is 2.22. The number of nitrogens with zero attached hydrogens (tertiary/aromatic N) is 1. The lowest BCUT2D eigenvalue weighted by Crippen LogP contribution is -2.29. The van der Waals surface area contributed by atoms with E-state index >= 15 is 0 Å². The van der Waals surface area contributed by atoms with E-state index < -0.39 is 0 Å². The summed E-state index contributed by atoms with van der Waals surface area (Å²) in [7, 11) is 0. The van der Waals surface area contributed by atoms with Crippen molar-refractivity contribution in [2.24, 2.45) is 5.73 Å². The molecule has 1 aromatic carbocycles. The van der Waals surface area contributed by atoms with Gasteiger partial charge in [0.15, 0.2) is 0 Å². The van der Waals surface area contributed by atoms with Crippen LogP contribution in [0.5, 0.6) is 0 Å². The Balaban J connectivity index is 2.18. The number of hydrogen-bond donors (Lipinski definition) is 1. The van der Waals surface area contributed by atoms with Crippen molar-refractivity contribution < 1.29 is 0 Å². The van der Waals surface area contributed by atoms with Gasteiger partial charge in [0.2, 0.25) is 0 Å². The predicted octanol–water partition coefficient (Wildman–Crippen LogP) is 2.38. The first-order valence-corrected chi connectivity index (χ1v) is 6.45. The van der Waals surface area contributed by atoms with Gasteiger partial charge in [-0.05, 0) is 31.4 Å². The SMILES string of the molecule is NCCC#Cc1ccccc1N1CCCCC1. The summed E-state index contributed by atoms with van der Waals surface area (Å²) in [6.45, 7) is 2.96. The largest absolute Gasteiger partial charge is 0.371 e. The van der Waals surface area contributed by atoms with Gasteiger partial charge in [0.1, 0.15) is 0 Å². The third-order valence-electron chi connectivity index (χ3n) is 3.09. The van der Waals surface area contributed by atoms with Crippen molar-refractivity contribution in [3.8, 4) is 11.8 Å². The minimum absolute atomic E-state index is 0.638. The molecule has 0 spiro atoms. The summed E-state index contributed by atoms with van der Waals surface area (Å²) in [6, 6.07) is 8.43. The maximum atomic E-state index is 5.46. The fourth-order valence-corrected chi connectivity index (χ4v) is 2.22. The van der Waals surface area contributed by atoms with Crippen LogP contribution in [0, 0.1) is 11.8 Å². The molecule has 2 N–H and O–H groups in total. The summed E-state index contributed by atoms with van der Waals surface area (Å²) >= 11 is 0. The lowest BCUT2D eigenvalue weighted by molar-refractivity contribution is 0.577. The lowest BCUT2D eigenvalue weighted by Gasteiger charge is -2.29. The minimum atomic E-state index is 0.638. The summed E-state index contributed by atoms with van der Waals surface area (Å²) < 4.78 is 0. The number of benzene rings is 1. The molecular weight excluding hydrogens is 208 g/mol. The van der Waals surface area contributed by atoms with Gasteiger partial charge in [0, 0.05) is 31.6 Å². The molecule has 2 rings (SSSR count). The molecule has 1 fully saturated rings. The Morgan fingerprint density at radius 3 is 2.65 bits per heavy atom. The monoisotopic (exact) mass is 228 g/mol. The van der Waals surface area contributed by atoms with E-state index in [1.165, 1.54) is 24.9 Å². The van der Waals surface area contributed by atoms with Crippen molar-refractivity contribution in [1.29, 1.82) is 0 Å². The molecule has 1 aliphatic rings. The number of nitrogens with two attached hydrogens (primary N) is 1. The number of para-hydroxylation sites is 1. The Hall–Kier alpha value is -1.46. The van der Waals surface area contributed by atoms with E-state index in [-0.39, 0.29) is 0 Å². The van der Waals surface area contributed by atoms with Crippen LogP contribution in [0.25, 0.3) is 0 Å². The molecule has 0 aliphatic carbocycles. The highest BCUT2D eigenvalue weighted by atomic mass is 15.1. The van der Waals surface area contributed by atoms with Crippen LogP contribution in [-0.2, 0) is 0 Å². The van der Waals surface area contributed by atoms with Gasteiger partial charge in [-0.1, -0.05) is 24.0 Å². The molecule has 90 valence electrons. The third kappa shape index (κ3) is 3.25.